The first-order valence-corrected chi connectivity index (χ1v) is 16.4. The molecule has 3 N–H and O–H groups in total. The summed E-state index contributed by atoms with van der Waals surface area (Å²) in [5.41, 5.74) is 1.71. The van der Waals surface area contributed by atoms with E-state index < -0.39 is 22.0 Å². The average molecular weight is 647 g/mol. The lowest BCUT2D eigenvalue weighted by atomic mass is 9.92. The second-order valence-corrected chi connectivity index (χ2v) is 13.5. The highest BCUT2D eigenvalue weighted by Gasteiger charge is 2.23. The van der Waals surface area contributed by atoms with E-state index in [0.717, 1.165) is 38.5 Å². The van der Waals surface area contributed by atoms with Crippen LogP contribution in [0.15, 0.2) is 89.8 Å². The summed E-state index contributed by atoms with van der Waals surface area (Å²) in [7, 11) is -4.02. The van der Waals surface area contributed by atoms with Crippen molar-refractivity contribution in [3.05, 3.63) is 96.2 Å². The van der Waals surface area contributed by atoms with Crippen molar-refractivity contribution in [2.75, 3.05) is 50.1 Å². The number of nitrogens with one attached hydrogen (secondary N) is 3. The van der Waals surface area contributed by atoms with Crippen LogP contribution in [0.2, 0.25) is 0 Å². The Kier molecular flexibility index (Phi) is 10.0. The van der Waals surface area contributed by atoms with Crippen LogP contribution in [0, 0.1) is 0 Å². The van der Waals surface area contributed by atoms with Crippen molar-refractivity contribution in [1.82, 2.24) is 19.4 Å². The Morgan fingerprint density at radius 1 is 0.913 bits per heavy atom. The number of carbonyl (C=O) groups is 2. The number of nitrogens with zero attached hydrogens (tertiary/aromatic N) is 3. The molecule has 0 spiro atoms. The maximum Gasteiger partial charge on any atom is 0.324 e. The number of amides is 3. The quantitative estimate of drug-likeness (QED) is 0.226. The van der Waals surface area contributed by atoms with Gasteiger partial charge in [0.05, 0.1) is 29.5 Å². The molecule has 0 radical (unpaired) electrons. The van der Waals surface area contributed by atoms with Gasteiger partial charge in [0, 0.05) is 42.4 Å². The largest absolute Gasteiger partial charge is 0.492 e. The lowest BCUT2D eigenvalue weighted by Crippen LogP contribution is -2.38. The molecule has 0 atom stereocenters. The van der Waals surface area contributed by atoms with Gasteiger partial charge in [-0.25, -0.2) is 22.6 Å². The normalized spacial score (nSPS) is 14.0. The second kappa shape index (κ2) is 14.1. The van der Waals surface area contributed by atoms with Gasteiger partial charge in [-0.05, 0) is 60.7 Å². The summed E-state index contributed by atoms with van der Waals surface area (Å²) < 4.78 is 40.1. The van der Waals surface area contributed by atoms with Crippen LogP contribution in [-0.4, -0.2) is 74.5 Å². The average Bonchev–Trinajstić information content (AvgIpc) is 3.47. The van der Waals surface area contributed by atoms with Gasteiger partial charge in [-0.15, -0.1) is 0 Å². The zero-order valence-electron chi connectivity index (χ0n) is 26.0. The fourth-order valence-corrected chi connectivity index (χ4v) is 5.65. The molecule has 46 heavy (non-hydrogen) atoms. The van der Waals surface area contributed by atoms with Gasteiger partial charge in [0.25, 0.3) is 15.9 Å². The first-order valence-electron chi connectivity index (χ1n) is 14.9. The highest BCUT2D eigenvalue weighted by molar-refractivity contribution is 7.90. The first kappa shape index (κ1) is 32.7. The Labute approximate surface area is 268 Å². The number of urea groups is 1. The Bertz CT molecular complexity index is 1750. The highest BCUT2D eigenvalue weighted by atomic mass is 32.2. The van der Waals surface area contributed by atoms with Gasteiger partial charge < -0.3 is 14.8 Å². The monoisotopic (exact) mass is 646 g/mol. The molecule has 0 saturated carbocycles. The smallest absolute Gasteiger partial charge is 0.324 e. The first-order chi connectivity index (χ1) is 22.0. The molecule has 242 valence electrons. The van der Waals surface area contributed by atoms with Crippen molar-refractivity contribution in [3.63, 3.8) is 0 Å². The molecular weight excluding hydrogens is 608 g/mol. The summed E-state index contributed by atoms with van der Waals surface area (Å²) in [5.74, 6) is 0.355. The van der Waals surface area contributed by atoms with E-state index in [1.165, 1.54) is 24.3 Å². The van der Waals surface area contributed by atoms with E-state index in [1.54, 1.807) is 65.3 Å². The molecule has 1 aliphatic heterocycles. The molecule has 0 aliphatic carbocycles. The van der Waals surface area contributed by atoms with Gasteiger partial charge in [-0.1, -0.05) is 39.0 Å². The molecule has 1 aliphatic rings. The zero-order chi connectivity index (χ0) is 32.7. The van der Waals surface area contributed by atoms with E-state index in [9.17, 15) is 18.0 Å². The predicted octanol–water partition coefficient (Wildman–Crippen LogP) is 4.64. The number of aromatic nitrogens is 2. The number of hydrogen-bond donors (Lipinski definition) is 3. The van der Waals surface area contributed by atoms with Gasteiger partial charge in [-0.3, -0.25) is 15.0 Å². The predicted molar refractivity (Wildman–Crippen MR) is 175 cm³/mol. The van der Waals surface area contributed by atoms with Gasteiger partial charge in [0.2, 0.25) is 0 Å². The number of carbonyl (C=O) groups excluding carboxylic acids is 2. The lowest BCUT2D eigenvalue weighted by molar-refractivity contribution is 0.0322. The van der Waals surface area contributed by atoms with E-state index in [1.807, 2.05) is 20.8 Å². The summed E-state index contributed by atoms with van der Waals surface area (Å²) in [6.07, 6.45) is 0. The number of ether oxygens (including phenoxy) is 2. The summed E-state index contributed by atoms with van der Waals surface area (Å²) in [5, 5.41) is 10.4. The SMILES string of the molecule is CC(C)(C)c1cc(NC(=O)Nc2ccc(OCCN3CCOCC3)cc2)n(-c2ccc(C(=O)NS(=O)(=O)c3ccccc3)cc2)n1. The van der Waals surface area contributed by atoms with E-state index in [4.69, 9.17) is 14.6 Å². The molecule has 5 rings (SSSR count). The van der Waals surface area contributed by atoms with Crippen LogP contribution in [0.1, 0.15) is 36.8 Å². The minimum absolute atomic E-state index is 0.0102. The molecule has 2 heterocycles. The van der Waals surface area contributed by atoms with Crippen molar-refractivity contribution in [3.8, 4) is 11.4 Å². The number of anilines is 2. The van der Waals surface area contributed by atoms with Crippen LogP contribution < -0.4 is 20.1 Å². The Balaban J connectivity index is 1.23. The summed E-state index contributed by atoms with van der Waals surface area (Å²) in [6, 6.07) is 22.4. The van der Waals surface area contributed by atoms with Crippen LogP contribution >= 0.6 is 0 Å². The maximum atomic E-state index is 13.0. The Morgan fingerprint density at radius 2 is 1.59 bits per heavy atom. The number of hydrogen-bond acceptors (Lipinski definition) is 8. The van der Waals surface area contributed by atoms with Gasteiger partial charge >= 0.3 is 6.03 Å². The second-order valence-electron chi connectivity index (χ2n) is 11.8. The van der Waals surface area contributed by atoms with Crippen LogP contribution in [0.4, 0.5) is 16.3 Å². The molecular formula is C33H38N6O6S. The fraction of sp³-hybridized carbons (Fsp3) is 0.303. The van der Waals surface area contributed by atoms with Gasteiger partial charge in [0.1, 0.15) is 18.2 Å². The molecule has 0 bridgehead atoms. The summed E-state index contributed by atoms with van der Waals surface area (Å²) >= 11 is 0. The molecule has 4 aromatic rings. The fourth-order valence-electron chi connectivity index (χ4n) is 4.66. The van der Waals surface area contributed by atoms with Crippen LogP contribution in [-0.2, 0) is 20.2 Å². The highest BCUT2D eigenvalue weighted by Crippen LogP contribution is 2.27. The molecule has 13 heteroatoms. The van der Waals surface area contributed by atoms with Crippen molar-refractivity contribution in [2.45, 2.75) is 31.1 Å². The molecule has 3 amide bonds. The maximum absolute atomic E-state index is 13.0. The molecule has 0 unspecified atom stereocenters. The van der Waals surface area contributed by atoms with Crippen molar-refractivity contribution < 1.29 is 27.5 Å². The summed E-state index contributed by atoms with van der Waals surface area (Å²) in [6.45, 7) is 10.7. The minimum Gasteiger partial charge on any atom is -0.492 e. The molecule has 1 fully saturated rings. The third-order valence-corrected chi connectivity index (χ3v) is 8.61. The van der Waals surface area contributed by atoms with E-state index in [2.05, 4.69) is 20.3 Å². The van der Waals surface area contributed by atoms with Crippen LogP contribution in [0.3, 0.4) is 0 Å². The van der Waals surface area contributed by atoms with E-state index in [-0.39, 0.29) is 15.9 Å². The van der Waals surface area contributed by atoms with Crippen LogP contribution in [0.5, 0.6) is 5.75 Å². The Morgan fingerprint density at radius 3 is 2.24 bits per heavy atom. The minimum atomic E-state index is -4.02. The number of benzene rings is 3. The third kappa shape index (κ3) is 8.50. The topological polar surface area (TPSA) is 144 Å². The van der Waals surface area contributed by atoms with Crippen molar-refractivity contribution in [1.29, 1.82) is 0 Å². The summed E-state index contributed by atoms with van der Waals surface area (Å²) in [4.78, 5) is 28.1. The van der Waals surface area contributed by atoms with Crippen molar-refractivity contribution in [2.24, 2.45) is 0 Å². The molecule has 1 aromatic heterocycles. The third-order valence-electron chi connectivity index (χ3n) is 7.27. The lowest BCUT2D eigenvalue weighted by Gasteiger charge is -2.26. The zero-order valence-corrected chi connectivity index (χ0v) is 26.8. The Hall–Kier alpha value is -4.72. The number of rotatable bonds is 10. The molecule has 12 nitrogen and oxygen atoms in total. The number of morpholine rings is 1. The van der Waals surface area contributed by atoms with Crippen molar-refractivity contribution >= 4 is 33.5 Å². The standard InChI is InChI=1S/C33H38N6O6S/c1-33(2,3)29-23-30(35-32(41)34-25-11-15-27(16-12-25)45-22-19-38-17-20-44-21-18-38)39(36-29)26-13-9-24(10-14-26)31(40)37-46(42,43)28-7-5-4-6-8-28/h4-16,23H,17-22H2,1-3H3,(H,37,40)(H2,34,35,41). The van der Waals surface area contributed by atoms with E-state index >= 15 is 0 Å². The van der Waals surface area contributed by atoms with Crippen LogP contribution in [0.25, 0.3) is 5.69 Å². The van der Waals surface area contributed by atoms with E-state index in [0.29, 0.717) is 29.5 Å². The van der Waals surface area contributed by atoms with Gasteiger partial charge in [-0.2, -0.15) is 5.10 Å². The molecule has 1 saturated heterocycles. The number of sulfonamides is 1. The molecule has 3 aromatic carbocycles. The van der Waals surface area contributed by atoms with Gasteiger partial charge in [0.15, 0.2) is 0 Å².